The zero-order valence-electron chi connectivity index (χ0n) is 19.0. The van der Waals surface area contributed by atoms with Gasteiger partial charge in [0.15, 0.2) is 5.69 Å². The summed E-state index contributed by atoms with van der Waals surface area (Å²) in [6, 6.07) is 6.47. The minimum Gasteiger partial charge on any atom is -0.461 e. The van der Waals surface area contributed by atoms with Gasteiger partial charge in [0.2, 0.25) is 0 Å². The maximum Gasteiger partial charge on any atom is 0.358 e. The zero-order valence-corrected chi connectivity index (χ0v) is 19.0. The van der Waals surface area contributed by atoms with Crippen LogP contribution >= 0.6 is 0 Å². The molecule has 1 saturated carbocycles. The van der Waals surface area contributed by atoms with Crippen LogP contribution in [0.2, 0.25) is 0 Å². The fraction of sp³-hybridized carbons (Fsp3) is 0.417. The predicted octanol–water partition coefficient (Wildman–Crippen LogP) is 4.10. The molecule has 1 fully saturated rings. The number of ether oxygens (including phenoxy) is 1. The molecule has 1 aromatic heterocycles. The normalized spacial score (nSPS) is 18.3. The summed E-state index contributed by atoms with van der Waals surface area (Å²) in [4.78, 5) is 25.9. The molecule has 2 aromatic rings. The average Bonchev–Trinajstić information content (AvgIpc) is 3.23. The number of nitrogens with two attached hydrogens (primary N) is 1. The predicted molar refractivity (Wildman–Crippen MR) is 127 cm³/mol. The molecule has 2 aliphatic rings. The van der Waals surface area contributed by atoms with E-state index in [1.807, 2.05) is 6.92 Å². The SMILES string of the molecule is CCOC(=O)c1cc2n(n1)C(C1CCCCC1)C(C(=O)Nc1ccc(N)c(C=N)c1)=C(C)N2. The molecule has 1 aromatic carbocycles. The van der Waals surface area contributed by atoms with Crippen molar-refractivity contribution < 1.29 is 14.3 Å². The number of nitrogen functional groups attached to an aromatic ring is 1. The third-order valence-electron chi connectivity index (χ3n) is 6.34. The Kier molecular flexibility index (Phi) is 6.48. The summed E-state index contributed by atoms with van der Waals surface area (Å²) < 4.78 is 6.91. The van der Waals surface area contributed by atoms with Crippen molar-refractivity contribution in [1.29, 1.82) is 5.41 Å². The zero-order chi connectivity index (χ0) is 23.5. The van der Waals surface area contributed by atoms with Gasteiger partial charge in [-0.2, -0.15) is 5.10 Å². The summed E-state index contributed by atoms with van der Waals surface area (Å²) >= 11 is 0. The standard InChI is InChI=1S/C24H30N6O3/c1-3-33-24(32)19-12-20-27-14(2)21(22(30(20)29-19)15-7-5-4-6-8-15)23(31)28-17-9-10-18(26)16(11-17)13-25/h9-13,15,22,25,27H,3-8,26H2,1-2H3,(H,28,31). The van der Waals surface area contributed by atoms with E-state index in [2.05, 4.69) is 15.7 Å². The van der Waals surface area contributed by atoms with Gasteiger partial charge in [0.25, 0.3) is 5.91 Å². The number of esters is 1. The molecule has 33 heavy (non-hydrogen) atoms. The number of nitrogens with one attached hydrogen (secondary N) is 3. The highest BCUT2D eigenvalue weighted by atomic mass is 16.5. The van der Waals surface area contributed by atoms with Crippen LogP contribution in [0.1, 0.15) is 68.0 Å². The fourth-order valence-electron chi connectivity index (χ4n) is 4.77. The Balaban J connectivity index is 1.70. The van der Waals surface area contributed by atoms with Gasteiger partial charge < -0.3 is 26.5 Å². The number of anilines is 3. The first-order chi connectivity index (χ1) is 15.9. The van der Waals surface area contributed by atoms with Crippen LogP contribution in [0.15, 0.2) is 35.5 Å². The van der Waals surface area contributed by atoms with Gasteiger partial charge in [-0.1, -0.05) is 19.3 Å². The minimum atomic E-state index is -0.478. The summed E-state index contributed by atoms with van der Waals surface area (Å²) in [5.41, 5.74) is 9.02. The summed E-state index contributed by atoms with van der Waals surface area (Å²) in [6.07, 6.45) is 6.53. The van der Waals surface area contributed by atoms with E-state index < -0.39 is 5.97 Å². The van der Waals surface area contributed by atoms with E-state index in [-0.39, 0.29) is 30.2 Å². The van der Waals surface area contributed by atoms with E-state index in [4.69, 9.17) is 15.9 Å². The number of carbonyl (C=O) groups is 2. The Morgan fingerprint density at radius 2 is 2.06 bits per heavy atom. The van der Waals surface area contributed by atoms with Gasteiger partial charge >= 0.3 is 5.97 Å². The van der Waals surface area contributed by atoms with E-state index in [0.717, 1.165) is 37.6 Å². The van der Waals surface area contributed by atoms with Gasteiger partial charge in [0, 0.05) is 34.9 Å². The third-order valence-corrected chi connectivity index (χ3v) is 6.34. The molecule has 9 heteroatoms. The Morgan fingerprint density at radius 1 is 1.30 bits per heavy atom. The lowest BCUT2D eigenvalue weighted by Gasteiger charge is -2.36. The number of aromatic nitrogens is 2. The van der Waals surface area contributed by atoms with Crippen molar-refractivity contribution in [3.63, 3.8) is 0 Å². The van der Waals surface area contributed by atoms with Crippen LogP contribution in [0.3, 0.4) is 0 Å². The van der Waals surface area contributed by atoms with Crippen molar-refractivity contribution in [2.45, 2.75) is 52.0 Å². The van der Waals surface area contributed by atoms with E-state index >= 15 is 0 Å². The molecule has 174 valence electrons. The molecule has 2 heterocycles. The number of amides is 1. The van der Waals surface area contributed by atoms with Crippen LogP contribution in [0, 0.1) is 11.3 Å². The highest BCUT2D eigenvalue weighted by molar-refractivity contribution is 6.06. The highest BCUT2D eigenvalue weighted by Gasteiger charge is 2.38. The molecule has 0 saturated heterocycles. The molecule has 0 bridgehead atoms. The van der Waals surface area contributed by atoms with Crippen LogP contribution in [-0.4, -0.2) is 34.5 Å². The van der Waals surface area contributed by atoms with Crippen LogP contribution in [0.5, 0.6) is 0 Å². The van der Waals surface area contributed by atoms with Gasteiger partial charge in [-0.25, -0.2) is 9.48 Å². The third kappa shape index (κ3) is 4.48. The topological polar surface area (TPSA) is 135 Å². The molecule has 4 rings (SSSR count). The second kappa shape index (κ2) is 9.48. The van der Waals surface area contributed by atoms with Gasteiger partial charge in [0.1, 0.15) is 5.82 Å². The highest BCUT2D eigenvalue weighted by Crippen LogP contribution is 2.42. The second-order valence-electron chi connectivity index (χ2n) is 8.53. The molecule has 0 radical (unpaired) electrons. The van der Waals surface area contributed by atoms with Crippen LogP contribution in [-0.2, 0) is 9.53 Å². The van der Waals surface area contributed by atoms with Crippen molar-refractivity contribution in [2.75, 3.05) is 23.0 Å². The first-order valence-corrected chi connectivity index (χ1v) is 11.4. The summed E-state index contributed by atoms with van der Waals surface area (Å²) in [5.74, 6) is 0.193. The molecule has 1 amide bonds. The second-order valence-corrected chi connectivity index (χ2v) is 8.53. The van der Waals surface area contributed by atoms with Gasteiger partial charge in [-0.05, 0) is 50.8 Å². The van der Waals surface area contributed by atoms with Crippen LogP contribution in [0.25, 0.3) is 0 Å². The van der Waals surface area contributed by atoms with Crippen molar-refractivity contribution in [3.05, 3.63) is 46.8 Å². The fourth-order valence-corrected chi connectivity index (χ4v) is 4.77. The Hall–Kier alpha value is -3.62. The Bertz CT molecular complexity index is 1110. The Labute approximate surface area is 192 Å². The van der Waals surface area contributed by atoms with E-state index in [9.17, 15) is 9.59 Å². The lowest BCUT2D eigenvalue weighted by molar-refractivity contribution is -0.113. The summed E-state index contributed by atoms with van der Waals surface area (Å²) in [7, 11) is 0. The number of hydrogen-bond acceptors (Lipinski definition) is 7. The summed E-state index contributed by atoms with van der Waals surface area (Å²) in [5, 5.41) is 18.3. The molecule has 1 unspecified atom stereocenters. The van der Waals surface area contributed by atoms with Crippen LogP contribution in [0.4, 0.5) is 17.2 Å². The van der Waals surface area contributed by atoms with Gasteiger partial charge in [0.05, 0.1) is 18.2 Å². The molecular weight excluding hydrogens is 420 g/mol. The van der Waals surface area contributed by atoms with Crippen molar-refractivity contribution >= 4 is 35.3 Å². The van der Waals surface area contributed by atoms with Crippen LogP contribution < -0.4 is 16.4 Å². The lowest BCUT2D eigenvalue weighted by atomic mass is 9.79. The first-order valence-electron chi connectivity index (χ1n) is 11.4. The van der Waals surface area contributed by atoms with Crippen molar-refractivity contribution in [1.82, 2.24) is 9.78 Å². The number of fused-ring (bicyclic) bond motifs is 1. The minimum absolute atomic E-state index is 0.226. The van der Waals surface area contributed by atoms with Gasteiger partial charge in [-0.15, -0.1) is 0 Å². The number of hydrogen-bond donors (Lipinski definition) is 4. The maximum absolute atomic E-state index is 13.5. The number of nitrogens with zero attached hydrogens (tertiary/aromatic N) is 2. The lowest BCUT2D eigenvalue weighted by Crippen LogP contribution is -2.35. The molecular formula is C24H30N6O3. The molecule has 1 atom stereocenters. The number of carbonyl (C=O) groups excluding carboxylic acids is 2. The monoisotopic (exact) mass is 450 g/mol. The molecule has 1 aliphatic carbocycles. The summed E-state index contributed by atoms with van der Waals surface area (Å²) in [6.45, 7) is 3.90. The van der Waals surface area contributed by atoms with Crippen molar-refractivity contribution in [3.8, 4) is 0 Å². The van der Waals surface area contributed by atoms with Gasteiger partial charge in [-0.3, -0.25) is 4.79 Å². The smallest absolute Gasteiger partial charge is 0.358 e. The molecule has 9 nitrogen and oxygen atoms in total. The molecule has 0 spiro atoms. The van der Waals surface area contributed by atoms with Crippen molar-refractivity contribution in [2.24, 2.45) is 5.92 Å². The average molecular weight is 451 g/mol. The van der Waals surface area contributed by atoms with E-state index in [1.54, 1.807) is 35.9 Å². The number of allylic oxidation sites excluding steroid dienone is 1. The quantitative estimate of drug-likeness (QED) is 0.297. The molecule has 1 aliphatic heterocycles. The Morgan fingerprint density at radius 3 is 2.76 bits per heavy atom. The molecule has 5 N–H and O–H groups in total. The first kappa shape index (κ1) is 22.6. The number of rotatable bonds is 6. The largest absolute Gasteiger partial charge is 0.461 e. The number of benzene rings is 1. The van der Waals surface area contributed by atoms with E-state index in [0.29, 0.717) is 28.3 Å². The maximum atomic E-state index is 13.5. The van der Waals surface area contributed by atoms with E-state index in [1.165, 1.54) is 6.42 Å².